The predicted octanol–water partition coefficient (Wildman–Crippen LogP) is 4.95. The molecule has 0 radical (unpaired) electrons. The molecule has 4 nitrogen and oxygen atoms in total. The van der Waals surface area contributed by atoms with Crippen molar-refractivity contribution < 1.29 is 13.2 Å². The zero-order valence-electron chi connectivity index (χ0n) is 13.0. The van der Waals surface area contributed by atoms with Gasteiger partial charge < -0.3 is 9.55 Å². The van der Waals surface area contributed by atoms with Gasteiger partial charge in [-0.1, -0.05) is 19.3 Å². The SMILES string of the molecule is FC(F)(F)c1ncc(-c2ccnc3[nH]ccc23)n1C1CCCCC1. The fourth-order valence-corrected chi connectivity index (χ4v) is 3.66. The number of nitrogens with one attached hydrogen (secondary N) is 1. The van der Waals surface area contributed by atoms with Crippen LogP contribution >= 0.6 is 0 Å². The number of alkyl halides is 3. The van der Waals surface area contributed by atoms with Gasteiger partial charge in [0.15, 0.2) is 0 Å². The fraction of sp³-hybridized carbons (Fsp3) is 0.412. The molecule has 4 rings (SSSR count). The van der Waals surface area contributed by atoms with E-state index in [2.05, 4.69) is 15.0 Å². The molecule has 126 valence electrons. The fourth-order valence-electron chi connectivity index (χ4n) is 3.66. The van der Waals surface area contributed by atoms with E-state index in [1.165, 1.54) is 10.8 Å². The van der Waals surface area contributed by atoms with Crippen LogP contribution in [0, 0.1) is 0 Å². The van der Waals surface area contributed by atoms with Crippen LogP contribution in [0.4, 0.5) is 13.2 Å². The van der Waals surface area contributed by atoms with E-state index in [0.29, 0.717) is 11.3 Å². The molecular formula is C17H17F3N4. The van der Waals surface area contributed by atoms with Gasteiger partial charge in [0.25, 0.3) is 0 Å². The van der Waals surface area contributed by atoms with E-state index < -0.39 is 12.0 Å². The highest BCUT2D eigenvalue weighted by atomic mass is 19.4. The minimum atomic E-state index is -4.46. The molecule has 0 spiro atoms. The molecule has 0 unspecified atom stereocenters. The molecule has 3 aromatic heterocycles. The van der Waals surface area contributed by atoms with Gasteiger partial charge in [0.1, 0.15) is 5.65 Å². The van der Waals surface area contributed by atoms with Gasteiger partial charge in [-0.25, -0.2) is 9.97 Å². The van der Waals surface area contributed by atoms with Gasteiger partial charge in [0.05, 0.1) is 11.9 Å². The van der Waals surface area contributed by atoms with E-state index >= 15 is 0 Å². The maximum absolute atomic E-state index is 13.5. The zero-order valence-corrected chi connectivity index (χ0v) is 13.0. The Labute approximate surface area is 136 Å². The predicted molar refractivity (Wildman–Crippen MR) is 84.4 cm³/mol. The number of aromatic amines is 1. The number of H-pyrrole nitrogens is 1. The summed E-state index contributed by atoms with van der Waals surface area (Å²) in [5.74, 6) is -0.801. The second-order valence-electron chi connectivity index (χ2n) is 6.23. The lowest BCUT2D eigenvalue weighted by Gasteiger charge is -2.27. The molecule has 1 N–H and O–H groups in total. The average Bonchev–Trinajstić information content (AvgIpc) is 3.21. The van der Waals surface area contributed by atoms with Gasteiger partial charge in [-0.05, 0) is 25.0 Å². The van der Waals surface area contributed by atoms with Crippen molar-refractivity contribution in [2.75, 3.05) is 0 Å². The summed E-state index contributed by atoms with van der Waals surface area (Å²) in [6.07, 6.45) is 4.75. The van der Waals surface area contributed by atoms with E-state index in [1.54, 1.807) is 18.5 Å². The monoisotopic (exact) mass is 334 g/mol. The molecule has 24 heavy (non-hydrogen) atoms. The quantitative estimate of drug-likeness (QED) is 0.721. The molecule has 0 aromatic carbocycles. The van der Waals surface area contributed by atoms with Crippen LogP contribution in [0.3, 0.4) is 0 Å². The summed E-state index contributed by atoms with van der Waals surface area (Å²) >= 11 is 0. The lowest BCUT2D eigenvalue weighted by molar-refractivity contribution is -0.148. The maximum atomic E-state index is 13.5. The summed E-state index contributed by atoms with van der Waals surface area (Å²) in [4.78, 5) is 11.0. The molecule has 0 saturated heterocycles. The van der Waals surface area contributed by atoms with Crippen LogP contribution in [0.25, 0.3) is 22.3 Å². The number of hydrogen-bond acceptors (Lipinski definition) is 2. The van der Waals surface area contributed by atoms with Crippen LogP contribution in [-0.2, 0) is 6.18 Å². The van der Waals surface area contributed by atoms with Crippen molar-refractivity contribution in [2.24, 2.45) is 0 Å². The van der Waals surface area contributed by atoms with Gasteiger partial charge in [0.2, 0.25) is 5.82 Å². The minimum absolute atomic E-state index is 0.157. The van der Waals surface area contributed by atoms with Gasteiger partial charge in [-0.15, -0.1) is 0 Å². The summed E-state index contributed by atoms with van der Waals surface area (Å²) in [5, 5.41) is 0.809. The van der Waals surface area contributed by atoms with Crippen molar-refractivity contribution in [1.29, 1.82) is 0 Å². The minimum Gasteiger partial charge on any atom is -0.346 e. The number of rotatable bonds is 2. The largest absolute Gasteiger partial charge is 0.449 e. The molecule has 0 atom stereocenters. The molecule has 1 fully saturated rings. The molecule has 0 aliphatic heterocycles. The van der Waals surface area contributed by atoms with Crippen LogP contribution in [0.15, 0.2) is 30.7 Å². The third kappa shape index (κ3) is 2.48. The third-order valence-electron chi connectivity index (χ3n) is 4.73. The van der Waals surface area contributed by atoms with Gasteiger partial charge >= 0.3 is 6.18 Å². The smallest absolute Gasteiger partial charge is 0.346 e. The second kappa shape index (κ2) is 5.65. The molecule has 7 heteroatoms. The summed E-state index contributed by atoms with van der Waals surface area (Å²) in [5.41, 5.74) is 1.91. The van der Waals surface area contributed by atoms with Gasteiger partial charge in [-0.3, -0.25) is 0 Å². The van der Waals surface area contributed by atoms with Crippen LogP contribution in [-0.4, -0.2) is 19.5 Å². The molecule has 3 aromatic rings. The van der Waals surface area contributed by atoms with Gasteiger partial charge in [0, 0.05) is 29.4 Å². The Kier molecular flexibility index (Phi) is 3.58. The molecule has 0 amide bonds. The van der Waals surface area contributed by atoms with Crippen molar-refractivity contribution >= 4 is 11.0 Å². The summed E-state index contributed by atoms with van der Waals surface area (Å²) < 4.78 is 41.9. The normalized spacial score (nSPS) is 16.8. The lowest BCUT2D eigenvalue weighted by atomic mass is 9.94. The second-order valence-corrected chi connectivity index (χ2v) is 6.23. The van der Waals surface area contributed by atoms with Gasteiger partial charge in [-0.2, -0.15) is 13.2 Å². The molecule has 1 aliphatic carbocycles. The topological polar surface area (TPSA) is 46.5 Å². The van der Waals surface area contributed by atoms with E-state index in [4.69, 9.17) is 0 Å². The summed E-state index contributed by atoms with van der Waals surface area (Å²) in [6.45, 7) is 0. The van der Waals surface area contributed by atoms with Crippen molar-refractivity contribution in [1.82, 2.24) is 19.5 Å². The molecule has 1 saturated carbocycles. The van der Waals surface area contributed by atoms with E-state index in [1.807, 2.05) is 6.07 Å². The Morgan fingerprint density at radius 2 is 1.88 bits per heavy atom. The zero-order chi connectivity index (χ0) is 16.7. The Bertz CT molecular complexity index is 856. The number of fused-ring (bicyclic) bond motifs is 1. The van der Waals surface area contributed by atoms with Crippen LogP contribution < -0.4 is 0 Å². The van der Waals surface area contributed by atoms with E-state index in [-0.39, 0.29) is 6.04 Å². The molecule has 0 bridgehead atoms. The first-order valence-electron chi connectivity index (χ1n) is 8.12. The average molecular weight is 334 g/mol. The standard InChI is InChI=1S/C17H17F3N4/c18-17(19,20)16-23-10-14(24(16)11-4-2-1-3-5-11)12-6-8-21-15-13(12)7-9-22-15/h6-11H,1-5H2,(H,21,22). The summed E-state index contributed by atoms with van der Waals surface area (Å²) in [7, 11) is 0. The van der Waals surface area contributed by atoms with E-state index in [0.717, 1.165) is 43.1 Å². The number of hydrogen-bond donors (Lipinski definition) is 1. The number of pyridine rings is 1. The number of nitrogens with zero attached hydrogens (tertiary/aromatic N) is 3. The molecule has 3 heterocycles. The Hall–Kier alpha value is -2.31. The van der Waals surface area contributed by atoms with Crippen LogP contribution in [0.5, 0.6) is 0 Å². The molecular weight excluding hydrogens is 317 g/mol. The first kappa shape index (κ1) is 15.2. The van der Waals surface area contributed by atoms with E-state index in [9.17, 15) is 13.2 Å². The summed E-state index contributed by atoms with van der Waals surface area (Å²) in [6, 6.07) is 3.44. The van der Waals surface area contributed by atoms with Crippen molar-refractivity contribution in [3.05, 3.63) is 36.5 Å². The van der Waals surface area contributed by atoms with Crippen LogP contribution in [0.2, 0.25) is 0 Å². The number of halogens is 3. The first-order valence-corrected chi connectivity index (χ1v) is 8.12. The Balaban J connectivity index is 1.92. The maximum Gasteiger partial charge on any atom is 0.449 e. The van der Waals surface area contributed by atoms with Crippen molar-refractivity contribution in [3.8, 4) is 11.3 Å². The third-order valence-corrected chi connectivity index (χ3v) is 4.73. The van der Waals surface area contributed by atoms with Crippen LogP contribution in [0.1, 0.15) is 44.0 Å². The van der Waals surface area contributed by atoms with Crippen molar-refractivity contribution in [2.45, 2.75) is 44.3 Å². The Morgan fingerprint density at radius 1 is 1.08 bits per heavy atom. The number of imidazole rings is 1. The lowest BCUT2D eigenvalue weighted by Crippen LogP contribution is -2.21. The first-order chi connectivity index (χ1) is 11.6. The Morgan fingerprint density at radius 3 is 2.62 bits per heavy atom. The highest BCUT2D eigenvalue weighted by Gasteiger charge is 2.39. The van der Waals surface area contributed by atoms with Crippen molar-refractivity contribution in [3.63, 3.8) is 0 Å². The number of aromatic nitrogens is 4. The molecule has 1 aliphatic rings. The highest BCUT2D eigenvalue weighted by Crippen LogP contribution is 2.40. The highest BCUT2D eigenvalue weighted by molar-refractivity contribution is 5.91.